The molecule has 0 N–H and O–H groups in total. The molecule has 1 aromatic heterocycles. The van der Waals surface area contributed by atoms with Crippen LogP contribution in [0.2, 0.25) is 0 Å². The van der Waals surface area contributed by atoms with Crippen LogP contribution in [0.5, 0.6) is 0 Å². The third-order valence-corrected chi connectivity index (χ3v) is 3.30. The lowest BCUT2D eigenvalue weighted by Crippen LogP contribution is -2.08. The minimum absolute atomic E-state index is 0.224. The van der Waals surface area contributed by atoms with Crippen molar-refractivity contribution in [3.63, 3.8) is 0 Å². The summed E-state index contributed by atoms with van der Waals surface area (Å²) in [5, 5.41) is 0. The smallest absolute Gasteiger partial charge is 0.179 e. The molecule has 2 aromatic rings. The predicted molar refractivity (Wildman–Crippen MR) is 70.2 cm³/mol. The number of aromatic nitrogens is 1. The molecule has 1 heterocycles. The fourth-order valence-corrected chi connectivity index (χ4v) is 2.35. The van der Waals surface area contributed by atoms with E-state index in [4.69, 9.17) is 11.6 Å². The quantitative estimate of drug-likeness (QED) is 0.622. The molecule has 0 amide bonds. The van der Waals surface area contributed by atoms with Gasteiger partial charge in [-0.15, -0.1) is 11.6 Å². The standard InChI is InChI=1S/C14H11ClF3NO/c1-7-3-10(13(20)6-15)8(2)19(7)14-11(17)4-9(16)5-12(14)18/h3-5H,6H2,1-2H3. The Morgan fingerprint density at radius 3 is 2.20 bits per heavy atom. The summed E-state index contributed by atoms with van der Waals surface area (Å²) in [6, 6.07) is 2.70. The van der Waals surface area contributed by atoms with E-state index >= 15 is 0 Å². The first-order valence-corrected chi connectivity index (χ1v) is 6.33. The number of carbonyl (C=O) groups excluding carboxylic acids is 1. The molecule has 0 saturated heterocycles. The van der Waals surface area contributed by atoms with Crippen molar-refractivity contribution in [1.82, 2.24) is 4.57 Å². The second-order valence-corrected chi connectivity index (χ2v) is 4.66. The molecule has 0 fully saturated rings. The van der Waals surface area contributed by atoms with Crippen LogP contribution in [-0.4, -0.2) is 16.2 Å². The van der Waals surface area contributed by atoms with Crippen LogP contribution in [0.4, 0.5) is 13.2 Å². The summed E-state index contributed by atoms with van der Waals surface area (Å²) >= 11 is 5.49. The van der Waals surface area contributed by atoms with Gasteiger partial charge < -0.3 is 4.57 Å². The predicted octanol–water partition coefficient (Wildman–Crippen LogP) is 3.93. The van der Waals surface area contributed by atoms with Crippen molar-refractivity contribution >= 4 is 17.4 Å². The molecule has 6 heteroatoms. The summed E-state index contributed by atoms with van der Waals surface area (Å²) in [6.45, 7) is 3.15. The average molecular weight is 302 g/mol. The largest absolute Gasteiger partial charge is 0.313 e. The van der Waals surface area contributed by atoms with Crippen molar-refractivity contribution in [3.05, 3.63) is 52.6 Å². The molecular weight excluding hydrogens is 291 g/mol. The molecule has 20 heavy (non-hydrogen) atoms. The Morgan fingerprint density at radius 2 is 1.70 bits per heavy atom. The van der Waals surface area contributed by atoms with Gasteiger partial charge in [0.15, 0.2) is 17.4 Å². The zero-order chi connectivity index (χ0) is 15.0. The van der Waals surface area contributed by atoms with Gasteiger partial charge in [-0.05, 0) is 19.9 Å². The summed E-state index contributed by atoms with van der Waals surface area (Å²) in [6.07, 6.45) is 0. The fourth-order valence-electron chi connectivity index (χ4n) is 2.21. The number of rotatable bonds is 3. The van der Waals surface area contributed by atoms with Crippen LogP contribution in [0.3, 0.4) is 0 Å². The van der Waals surface area contributed by atoms with Crippen LogP contribution in [0.15, 0.2) is 18.2 Å². The highest BCUT2D eigenvalue weighted by molar-refractivity contribution is 6.30. The van der Waals surface area contributed by atoms with Gasteiger partial charge in [0.25, 0.3) is 0 Å². The summed E-state index contributed by atoms with van der Waals surface area (Å²) in [5.74, 6) is -3.63. The summed E-state index contributed by atoms with van der Waals surface area (Å²) < 4.78 is 41.9. The number of carbonyl (C=O) groups is 1. The first-order chi connectivity index (χ1) is 9.36. The SMILES string of the molecule is Cc1cc(C(=O)CCl)c(C)n1-c1c(F)cc(F)cc1F. The monoisotopic (exact) mass is 301 g/mol. The van der Waals surface area contributed by atoms with Gasteiger partial charge in [-0.3, -0.25) is 4.79 Å². The molecule has 106 valence electrons. The van der Waals surface area contributed by atoms with Crippen LogP contribution < -0.4 is 0 Å². The van der Waals surface area contributed by atoms with Crippen LogP contribution in [0.25, 0.3) is 5.69 Å². The first kappa shape index (κ1) is 14.7. The van der Waals surface area contributed by atoms with E-state index < -0.39 is 23.1 Å². The number of Topliss-reactive ketones (excluding diaryl/α,β-unsaturated/α-hetero) is 1. The molecule has 0 aliphatic rings. The lowest BCUT2D eigenvalue weighted by atomic mass is 10.2. The van der Waals surface area contributed by atoms with E-state index in [-0.39, 0.29) is 11.7 Å². The first-order valence-electron chi connectivity index (χ1n) is 5.79. The maximum Gasteiger partial charge on any atom is 0.179 e. The third kappa shape index (κ3) is 2.33. The number of hydrogen-bond acceptors (Lipinski definition) is 1. The minimum atomic E-state index is -1.03. The normalized spacial score (nSPS) is 10.9. The van der Waals surface area contributed by atoms with E-state index in [1.807, 2.05) is 0 Å². The lowest BCUT2D eigenvalue weighted by Gasteiger charge is -2.12. The second-order valence-electron chi connectivity index (χ2n) is 4.40. The molecule has 2 nitrogen and oxygen atoms in total. The van der Waals surface area contributed by atoms with E-state index in [0.717, 1.165) is 0 Å². The van der Waals surface area contributed by atoms with Crippen LogP contribution >= 0.6 is 11.6 Å². The van der Waals surface area contributed by atoms with Gasteiger partial charge in [-0.1, -0.05) is 0 Å². The maximum absolute atomic E-state index is 13.8. The number of halogens is 4. The Balaban J connectivity index is 2.71. The molecule has 0 radical (unpaired) electrons. The van der Waals surface area contributed by atoms with Gasteiger partial charge in [0.05, 0.1) is 5.88 Å². The molecule has 0 aliphatic carbocycles. The van der Waals surface area contributed by atoms with Crippen molar-refractivity contribution in [3.8, 4) is 5.69 Å². The van der Waals surface area contributed by atoms with Crippen LogP contribution in [0, 0.1) is 31.3 Å². The Labute approximate surface area is 118 Å². The minimum Gasteiger partial charge on any atom is -0.313 e. The van der Waals surface area contributed by atoms with Gasteiger partial charge in [-0.25, -0.2) is 13.2 Å². The molecule has 0 unspecified atom stereocenters. The Hall–Kier alpha value is -1.75. The average Bonchev–Trinajstić information content (AvgIpc) is 2.65. The van der Waals surface area contributed by atoms with E-state index in [1.165, 1.54) is 10.6 Å². The van der Waals surface area contributed by atoms with Gasteiger partial charge in [0.1, 0.15) is 11.5 Å². The second kappa shape index (κ2) is 5.32. The molecule has 0 spiro atoms. The summed E-state index contributed by atoms with van der Waals surface area (Å²) in [7, 11) is 0. The van der Waals surface area contributed by atoms with E-state index in [9.17, 15) is 18.0 Å². The fraction of sp³-hybridized carbons (Fsp3) is 0.214. The molecule has 0 saturated carbocycles. The highest BCUT2D eigenvalue weighted by Gasteiger charge is 2.21. The number of aryl methyl sites for hydroxylation is 1. The zero-order valence-electron chi connectivity index (χ0n) is 10.8. The summed E-state index contributed by atoms with van der Waals surface area (Å²) in [4.78, 5) is 11.7. The molecule has 2 rings (SSSR count). The van der Waals surface area contributed by atoms with Crippen molar-refractivity contribution in [2.75, 3.05) is 5.88 Å². The number of alkyl halides is 1. The highest BCUT2D eigenvalue weighted by Crippen LogP contribution is 2.26. The third-order valence-electron chi connectivity index (χ3n) is 3.06. The Bertz CT molecular complexity index is 671. The lowest BCUT2D eigenvalue weighted by molar-refractivity contribution is 0.102. The number of benzene rings is 1. The zero-order valence-corrected chi connectivity index (χ0v) is 11.6. The van der Waals surface area contributed by atoms with Crippen molar-refractivity contribution in [2.45, 2.75) is 13.8 Å². The van der Waals surface area contributed by atoms with Crippen molar-refractivity contribution in [1.29, 1.82) is 0 Å². The number of nitrogens with zero attached hydrogens (tertiary/aromatic N) is 1. The number of ketones is 1. The van der Waals surface area contributed by atoms with Crippen molar-refractivity contribution < 1.29 is 18.0 Å². The van der Waals surface area contributed by atoms with Gasteiger partial charge in [0.2, 0.25) is 0 Å². The topological polar surface area (TPSA) is 22.0 Å². The van der Waals surface area contributed by atoms with E-state index in [0.29, 0.717) is 29.1 Å². The molecule has 0 bridgehead atoms. The Morgan fingerprint density at radius 1 is 1.15 bits per heavy atom. The van der Waals surface area contributed by atoms with Gasteiger partial charge in [-0.2, -0.15) is 0 Å². The van der Waals surface area contributed by atoms with Crippen molar-refractivity contribution in [2.24, 2.45) is 0 Å². The van der Waals surface area contributed by atoms with Crippen LogP contribution in [-0.2, 0) is 0 Å². The van der Waals surface area contributed by atoms with Gasteiger partial charge in [0, 0.05) is 29.1 Å². The van der Waals surface area contributed by atoms with Gasteiger partial charge >= 0.3 is 0 Å². The number of hydrogen-bond donors (Lipinski definition) is 0. The highest BCUT2D eigenvalue weighted by atomic mass is 35.5. The molecule has 0 atom stereocenters. The van der Waals surface area contributed by atoms with E-state index in [1.54, 1.807) is 13.8 Å². The Kier molecular flexibility index (Phi) is 3.90. The van der Waals surface area contributed by atoms with E-state index in [2.05, 4.69) is 0 Å². The molecular formula is C14H11ClF3NO. The van der Waals surface area contributed by atoms with Crippen LogP contribution in [0.1, 0.15) is 21.7 Å². The molecule has 1 aromatic carbocycles. The summed E-state index contributed by atoms with van der Waals surface area (Å²) in [5.41, 5.74) is 0.702. The maximum atomic E-state index is 13.8. The molecule has 0 aliphatic heterocycles.